The highest BCUT2D eigenvalue weighted by atomic mass is 79.9. The van der Waals surface area contributed by atoms with Crippen molar-refractivity contribution >= 4 is 49.3 Å². The van der Waals surface area contributed by atoms with Crippen molar-refractivity contribution in [2.75, 3.05) is 10.8 Å². The third-order valence-electron chi connectivity index (χ3n) is 4.11. The summed E-state index contributed by atoms with van der Waals surface area (Å²) in [7, 11) is 0. The van der Waals surface area contributed by atoms with Crippen molar-refractivity contribution in [2.45, 2.75) is 20.4 Å². The van der Waals surface area contributed by atoms with E-state index in [2.05, 4.69) is 87.0 Å². The average molecular weight is 454 g/mol. The Kier molecular flexibility index (Phi) is 5.21. The first-order valence-corrected chi connectivity index (χ1v) is 9.94. The predicted molar refractivity (Wildman–Crippen MR) is 108 cm³/mol. The van der Waals surface area contributed by atoms with Crippen molar-refractivity contribution in [3.8, 4) is 11.1 Å². The molecule has 0 fully saturated rings. The van der Waals surface area contributed by atoms with Crippen LogP contribution in [0.3, 0.4) is 0 Å². The summed E-state index contributed by atoms with van der Waals surface area (Å²) in [6.45, 7) is 4.90. The third kappa shape index (κ3) is 3.38. The fourth-order valence-corrected chi connectivity index (χ4v) is 5.06. The number of thioether (sulfide) groups is 1. The van der Waals surface area contributed by atoms with Crippen LogP contribution in [0, 0.1) is 0 Å². The minimum Gasteiger partial charge on any atom is -0.334 e. The lowest BCUT2D eigenvalue weighted by atomic mass is 9.99. The van der Waals surface area contributed by atoms with Crippen LogP contribution in [0.25, 0.3) is 11.1 Å². The zero-order valence-corrected chi connectivity index (χ0v) is 17.1. The molecular weight excluding hydrogens is 436 g/mol. The van der Waals surface area contributed by atoms with Crippen LogP contribution in [-0.4, -0.2) is 5.88 Å². The highest BCUT2D eigenvalue weighted by Gasteiger charge is 2.23. The molecule has 0 bridgehead atoms. The van der Waals surface area contributed by atoms with Crippen LogP contribution < -0.4 is 10.6 Å². The van der Waals surface area contributed by atoms with Crippen molar-refractivity contribution in [1.29, 1.82) is 0 Å². The van der Waals surface area contributed by atoms with E-state index in [4.69, 9.17) is 5.73 Å². The molecule has 0 aromatic heterocycles. The zero-order chi connectivity index (χ0) is 16.6. The third-order valence-corrected chi connectivity index (χ3v) is 6.14. The first kappa shape index (κ1) is 17.1. The molecule has 3 rings (SSSR count). The maximum absolute atomic E-state index is 6.04. The molecule has 0 aliphatic carbocycles. The van der Waals surface area contributed by atoms with Gasteiger partial charge in [0.25, 0.3) is 0 Å². The molecule has 120 valence electrons. The molecule has 0 unspecified atom stereocenters. The van der Waals surface area contributed by atoms with Gasteiger partial charge in [-0.3, -0.25) is 0 Å². The number of nitrogens with two attached hydrogens (primary N) is 1. The van der Waals surface area contributed by atoms with E-state index in [1.165, 1.54) is 33.0 Å². The van der Waals surface area contributed by atoms with Crippen molar-refractivity contribution in [1.82, 2.24) is 0 Å². The fourth-order valence-electron chi connectivity index (χ4n) is 2.80. The highest BCUT2D eigenvalue weighted by Crippen LogP contribution is 2.42. The number of halogens is 2. The van der Waals surface area contributed by atoms with Gasteiger partial charge < -0.3 is 10.6 Å². The van der Waals surface area contributed by atoms with Crippen LogP contribution in [0.15, 0.2) is 55.9 Å². The normalized spacial score (nSPS) is 14.7. The first-order valence-electron chi connectivity index (χ1n) is 7.37. The second kappa shape index (κ2) is 7.01. The summed E-state index contributed by atoms with van der Waals surface area (Å²) in [6, 6.07) is 12.7. The second-order valence-electron chi connectivity index (χ2n) is 5.52. The Balaban J connectivity index is 2.22. The van der Waals surface area contributed by atoms with Crippen LogP contribution in [0.2, 0.25) is 0 Å². The van der Waals surface area contributed by atoms with E-state index in [1.807, 2.05) is 11.8 Å². The Hall–Kier alpha value is -0.750. The summed E-state index contributed by atoms with van der Waals surface area (Å²) in [4.78, 5) is 3.75. The van der Waals surface area contributed by atoms with Gasteiger partial charge in [-0.05, 0) is 43.2 Å². The summed E-state index contributed by atoms with van der Waals surface area (Å²) >= 11 is 9.07. The molecule has 0 radical (unpaired) electrons. The van der Waals surface area contributed by atoms with Crippen LogP contribution >= 0.6 is 43.6 Å². The number of rotatable bonds is 3. The molecule has 2 nitrogen and oxygen atoms in total. The minimum absolute atomic E-state index is 0.534. The summed E-state index contributed by atoms with van der Waals surface area (Å²) in [5.74, 6) is 0.941. The summed E-state index contributed by atoms with van der Waals surface area (Å²) in [6.07, 6.45) is 0. The van der Waals surface area contributed by atoms with Gasteiger partial charge in [-0.2, -0.15) is 0 Å². The van der Waals surface area contributed by atoms with Gasteiger partial charge in [0.1, 0.15) is 0 Å². The van der Waals surface area contributed by atoms with Crippen molar-refractivity contribution in [3.63, 3.8) is 0 Å². The molecule has 1 aliphatic heterocycles. The van der Waals surface area contributed by atoms with E-state index >= 15 is 0 Å². The zero-order valence-electron chi connectivity index (χ0n) is 13.1. The van der Waals surface area contributed by atoms with Gasteiger partial charge in [0.15, 0.2) is 0 Å². The van der Waals surface area contributed by atoms with Gasteiger partial charge in [-0.25, -0.2) is 0 Å². The van der Waals surface area contributed by atoms with Gasteiger partial charge in [0.2, 0.25) is 0 Å². The molecule has 2 N–H and O–H groups in total. The van der Waals surface area contributed by atoms with E-state index in [0.717, 1.165) is 14.8 Å². The van der Waals surface area contributed by atoms with Gasteiger partial charge in [-0.1, -0.05) is 50.1 Å². The molecule has 1 heterocycles. The lowest BCUT2D eigenvalue weighted by Crippen LogP contribution is -2.19. The Morgan fingerprint density at radius 2 is 1.83 bits per heavy atom. The SMILES string of the molecule is CC1=C(C)N(c2c(CN)cccc2-c2cc(Br)cc(Br)c2)CS1. The van der Waals surface area contributed by atoms with E-state index < -0.39 is 0 Å². The number of hydrogen-bond acceptors (Lipinski definition) is 3. The van der Waals surface area contributed by atoms with Gasteiger partial charge in [0.05, 0.1) is 11.6 Å². The fraction of sp³-hybridized carbons (Fsp3) is 0.222. The summed E-state index contributed by atoms with van der Waals surface area (Å²) in [5, 5.41) is 0. The number of para-hydroxylation sites is 1. The molecule has 0 saturated carbocycles. The molecule has 0 saturated heterocycles. The summed E-state index contributed by atoms with van der Waals surface area (Å²) < 4.78 is 2.12. The number of allylic oxidation sites excluding steroid dienone is 2. The monoisotopic (exact) mass is 452 g/mol. The van der Waals surface area contributed by atoms with Gasteiger partial charge in [0, 0.05) is 31.7 Å². The molecule has 0 amide bonds. The lowest BCUT2D eigenvalue weighted by Gasteiger charge is -2.26. The molecule has 0 spiro atoms. The second-order valence-corrected chi connectivity index (χ2v) is 8.51. The van der Waals surface area contributed by atoms with E-state index in [1.54, 1.807) is 0 Å². The number of nitrogens with zero attached hydrogens (tertiary/aromatic N) is 1. The maximum atomic E-state index is 6.04. The van der Waals surface area contributed by atoms with Gasteiger partial charge >= 0.3 is 0 Å². The molecule has 2 aromatic rings. The molecular formula is C18H18Br2N2S. The predicted octanol–water partition coefficient (Wildman–Crippen LogP) is 6.10. The van der Waals surface area contributed by atoms with Gasteiger partial charge in [-0.15, -0.1) is 11.8 Å². The molecule has 23 heavy (non-hydrogen) atoms. The average Bonchev–Trinajstić information content (AvgIpc) is 2.85. The Morgan fingerprint density at radius 1 is 1.13 bits per heavy atom. The standard InChI is InChI=1S/C18H18Br2N2S/c1-11-12(2)23-10-22(11)18-13(9-21)4-3-5-17(18)14-6-15(19)8-16(20)7-14/h3-8H,9-10,21H2,1-2H3. The Morgan fingerprint density at radius 3 is 2.39 bits per heavy atom. The summed E-state index contributed by atoms with van der Waals surface area (Å²) in [5.41, 5.74) is 12.1. The molecule has 1 aliphatic rings. The largest absolute Gasteiger partial charge is 0.334 e. The highest BCUT2D eigenvalue weighted by molar-refractivity contribution is 9.11. The van der Waals surface area contributed by atoms with Crippen LogP contribution in [-0.2, 0) is 6.54 Å². The lowest BCUT2D eigenvalue weighted by molar-refractivity contribution is 1.01. The quantitative estimate of drug-likeness (QED) is 0.608. The maximum Gasteiger partial charge on any atom is 0.0729 e. The number of hydrogen-bond donors (Lipinski definition) is 1. The topological polar surface area (TPSA) is 29.3 Å². The van der Waals surface area contributed by atoms with E-state index in [-0.39, 0.29) is 0 Å². The number of anilines is 1. The molecule has 0 atom stereocenters. The van der Waals surface area contributed by atoms with Crippen molar-refractivity contribution < 1.29 is 0 Å². The molecule has 2 aromatic carbocycles. The van der Waals surface area contributed by atoms with Crippen LogP contribution in [0.4, 0.5) is 5.69 Å². The minimum atomic E-state index is 0.534. The van der Waals surface area contributed by atoms with Crippen molar-refractivity contribution in [2.24, 2.45) is 5.73 Å². The number of benzene rings is 2. The Labute approximate surface area is 158 Å². The Bertz CT molecular complexity index is 766. The van der Waals surface area contributed by atoms with Crippen LogP contribution in [0.5, 0.6) is 0 Å². The van der Waals surface area contributed by atoms with E-state index in [0.29, 0.717) is 6.54 Å². The van der Waals surface area contributed by atoms with Crippen LogP contribution in [0.1, 0.15) is 19.4 Å². The van der Waals surface area contributed by atoms with E-state index in [9.17, 15) is 0 Å². The van der Waals surface area contributed by atoms with Crippen molar-refractivity contribution in [3.05, 3.63) is 61.5 Å². The first-order chi connectivity index (χ1) is 11.0. The molecule has 5 heteroatoms. The smallest absolute Gasteiger partial charge is 0.0729 e.